The molecule has 0 fully saturated rings. The molecule has 0 radical (unpaired) electrons. The Bertz CT molecular complexity index is 304. The second-order valence-corrected chi connectivity index (χ2v) is 7.40. The first kappa shape index (κ1) is 12.3. The van der Waals surface area contributed by atoms with E-state index in [1.165, 1.54) is 4.46 Å². The fourth-order valence-corrected chi connectivity index (χ4v) is 3.28. The van der Waals surface area contributed by atoms with E-state index < -0.39 is 0 Å². The normalized spacial score (nSPS) is 11.9. The van der Waals surface area contributed by atoms with Gasteiger partial charge in [0.15, 0.2) is 0 Å². The van der Waals surface area contributed by atoms with Crippen LogP contribution in [0.2, 0.25) is 4.31 Å². The first-order valence-electron chi connectivity index (χ1n) is 5.17. The standard InChI is InChI=1S/C13H18OSe/c1-4-14-11-10-13(2,3)15-12-8-6-5-7-9-12/h5-11H,4H2,1-3H3/b11-10-. The van der Waals surface area contributed by atoms with Crippen molar-refractivity contribution in [2.24, 2.45) is 0 Å². The van der Waals surface area contributed by atoms with Gasteiger partial charge >= 0.3 is 98.5 Å². The van der Waals surface area contributed by atoms with E-state index in [2.05, 4.69) is 50.3 Å². The van der Waals surface area contributed by atoms with E-state index in [-0.39, 0.29) is 4.31 Å². The Morgan fingerprint density at radius 2 is 1.93 bits per heavy atom. The van der Waals surface area contributed by atoms with Gasteiger partial charge in [-0.05, 0) is 0 Å². The van der Waals surface area contributed by atoms with E-state index >= 15 is 0 Å². The van der Waals surface area contributed by atoms with Crippen LogP contribution in [-0.4, -0.2) is 21.6 Å². The summed E-state index contributed by atoms with van der Waals surface area (Å²) in [6, 6.07) is 10.6. The van der Waals surface area contributed by atoms with E-state index in [9.17, 15) is 0 Å². The minimum absolute atomic E-state index is 0.212. The van der Waals surface area contributed by atoms with Gasteiger partial charge in [0.1, 0.15) is 0 Å². The molecule has 0 aliphatic carbocycles. The van der Waals surface area contributed by atoms with Crippen LogP contribution in [0.4, 0.5) is 0 Å². The molecule has 0 unspecified atom stereocenters. The van der Waals surface area contributed by atoms with Gasteiger partial charge < -0.3 is 0 Å². The Labute approximate surface area is 98.7 Å². The third-order valence-corrected chi connectivity index (χ3v) is 4.31. The SMILES string of the molecule is CCO/C=C\C(C)(C)[Se]c1ccccc1. The zero-order valence-electron chi connectivity index (χ0n) is 9.57. The van der Waals surface area contributed by atoms with Crippen molar-refractivity contribution in [3.05, 3.63) is 42.7 Å². The Kier molecular flexibility index (Phi) is 4.93. The van der Waals surface area contributed by atoms with E-state index in [4.69, 9.17) is 4.74 Å². The molecule has 1 aromatic carbocycles. The average molecular weight is 269 g/mol. The molecule has 1 nitrogen and oxygen atoms in total. The molecule has 1 rings (SSSR count). The molecule has 0 N–H and O–H groups in total. The summed E-state index contributed by atoms with van der Waals surface area (Å²) >= 11 is 0.446. The quantitative estimate of drug-likeness (QED) is 0.590. The second kappa shape index (κ2) is 5.99. The first-order valence-corrected chi connectivity index (χ1v) is 6.89. The van der Waals surface area contributed by atoms with Gasteiger partial charge in [-0.2, -0.15) is 0 Å². The third-order valence-electron chi connectivity index (χ3n) is 1.86. The maximum absolute atomic E-state index is 5.24. The molecular weight excluding hydrogens is 251 g/mol. The van der Waals surface area contributed by atoms with Crippen LogP contribution in [0, 0.1) is 0 Å². The molecule has 0 spiro atoms. The molecule has 2 heteroatoms. The summed E-state index contributed by atoms with van der Waals surface area (Å²) in [6.45, 7) is 7.23. The predicted molar refractivity (Wildman–Crippen MR) is 66.6 cm³/mol. The summed E-state index contributed by atoms with van der Waals surface area (Å²) in [4.78, 5) is 0. The summed E-state index contributed by atoms with van der Waals surface area (Å²) in [5, 5.41) is 0. The minimum atomic E-state index is 0.212. The summed E-state index contributed by atoms with van der Waals surface area (Å²) in [5.74, 6) is 0. The van der Waals surface area contributed by atoms with Crippen molar-refractivity contribution in [3.8, 4) is 0 Å². The Morgan fingerprint density at radius 1 is 1.27 bits per heavy atom. The van der Waals surface area contributed by atoms with Gasteiger partial charge in [-0.3, -0.25) is 0 Å². The van der Waals surface area contributed by atoms with Gasteiger partial charge in [0.25, 0.3) is 0 Å². The summed E-state index contributed by atoms with van der Waals surface area (Å²) in [5.41, 5.74) is 0. The third kappa shape index (κ3) is 5.06. The van der Waals surface area contributed by atoms with Crippen molar-refractivity contribution in [2.45, 2.75) is 25.1 Å². The van der Waals surface area contributed by atoms with E-state index in [1.54, 1.807) is 0 Å². The van der Waals surface area contributed by atoms with Crippen molar-refractivity contribution < 1.29 is 4.74 Å². The average Bonchev–Trinajstić information content (AvgIpc) is 2.18. The zero-order chi connectivity index (χ0) is 11.1. The fourth-order valence-electron chi connectivity index (χ4n) is 1.13. The maximum atomic E-state index is 5.24. The second-order valence-electron chi connectivity index (χ2n) is 3.78. The predicted octanol–water partition coefficient (Wildman–Crippen LogP) is 2.76. The summed E-state index contributed by atoms with van der Waals surface area (Å²) in [7, 11) is 0. The molecule has 0 heterocycles. The van der Waals surface area contributed by atoms with Gasteiger partial charge in [0.05, 0.1) is 0 Å². The van der Waals surface area contributed by atoms with Crippen LogP contribution in [0.1, 0.15) is 20.8 Å². The molecule has 0 aromatic heterocycles. The van der Waals surface area contributed by atoms with Crippen LogP contribution >= 0.6 is 0 Å². The molecule has 0 aliphatic rings. The Hall–Kier alpha value is -0.721. The van der Waals surface area contributed by atoms with Crippen molar-refractivity contribution in [2.75, 3.05) is 6.61 Å². The molecule has 15 heavy (non-hydrogen) atoms. The van der Waals surface area contributed by atoms with Crippen molar-refractivity contribution in [3.63, 3.8) is 0 Å². The molecular formula is C13H18OSe. The molecule has 0 atom stereocenters. The van der Waals surface area contributed by atoms with Gasteiger partial charge in [-0.15, -0.1) is 0 Å². The molecule has 0 saturated carbocycles. The van der Waals surface area contributed by atoms with E-state index in [1.807, 2.05) is 13.2 Å². The van der Waals surface area contributed by atoms with Gasteiger partial charge in [0, 0.05) is 0 Å². The van der Waals surface area contributed by atoms with Gasteiger partial charge in [0.2, 0.25) is 0 Å². The molecule has 0 saturated heterocycles. The summed E-state index contributed by atoms with van der Waals surface area (Å²) < 4.78 is 6.88. The van der Waals surface area contributed by atoms with Crippen molar-refractivity contribution >= 4 is 19.4 Å². The van der Waals surface area contributed by atoms with Crippen LogP contribution in [0.5, 0.6) is 0 Å². The topological polar surface area (TPSA) is 9.23 Å². The van der Waals surface area contributed by atoms with E-state index in [0.29, 0.717) is 15.0 Å². The fraction of sp³-hybridized carbons (Fsp3) is 0.385. The van der Waals surface area contributed by atoms with Gasteiger partial charge in [-0.1, -0.05) is 0 Å². The monoisotopic (exact) mass is 270 g/mol. The Morgan fingerprint density at radius 3 is 2.53 bits per heavy atom. The zero-order valence-corrected chi connectivity index (χ0v) is 11.3. The van der Waals surface area contributed by atoms with Gasteiger partial charge in [-0.25, -0.2) is 0 Å². The van der Waals surface area contributed by atoms with Crippen molar-refractivity contribution in [1.29, 1.82) is 0 Å². The Balaban J connectivity index is 2.56. The van der Waals surface area contributed by atoms with Crippen molar-refractivity contribution in [1.82, 2.24) is 0 Å². The molecule has 0 aliphatic heterocycles. The molecule has 0 bridgehead atoms. The number of rotatable bonds is 5. The van der Waals surface area contributed by atoms with Crippen LogP contribution in [-0.2, 0) is 4.74 Å². The van der Waals surface area contributed by atoms with Crippen LogP contribution in [0.15, 0.2) is 42.7 Å². The number of hydrogen-bond donors (Lipinski definition) is 0. The number of hydrogen-bond acceptors (Lipinski definition) is 1. The van der Waals surface area contributed by atoms with Crippen LogP contribution in [0.25, 0.3) is 0 Å². The van der Waals surface area contributed by atoms with Crippen LogP contribution < -0.4 is 4.46 Å². The number of ether oxygens (including phenoxy) is 1. The number of benzene rings is 1. The molecule has 1 aromatic rings. The van der Waals surface area contributed by atoms with E-state index in [0.717, 1.165) is 6.61 Å². The molecule has 82 valence electrons. The number of allylic oxidation sites excluding steroid dienone is 1. The molecule has 0 amide bonds. The first-order chi connectivity index (χ1) is 7.14. The van der Waals surface area contributed by atoms with Crippen LogP contribution in [0.3, 0.4) is 0 Å². The summed E-state index contributed by atoms with van der Waals surface area (Å²) in [6.07, 6.45) is 3.98.